The second-order valence-electron chi connectivity index (χ2n) is 7.46. The van der Waals surface area contributed by atoms with Gasteiger partial charge in [0.05, 0.1) is 11.7 Å². The number of fused-ring (bicyclic) bond motifs is 1. The number of carbonyl (C=O) groups excluding carboxylic acids is 1. The molecule has 8 nitrogen and oxygen atoms in total. The highest BCUT2D eigenvalue weighted by Crippen LogP contribution is 2.18. The third-order valence-electron chi connectivity index (χ3n) is 4.31. The predicted molar refractivity (Wildman–Crippen MR) is 102 cm³/mol. The van der Waals surface area contributed by atoms with Gasteiger partial charge < -0.3 is 5.32 Å². The van der Waals surface area contributed by atoms with Gasteiger partial charge in [0.15, 0.2) is 5.65 Å². The van der Waals surface area contributed by atoms with Crippen LogP contribution in [0.4, 0.5) is 0 Å². The van der Waals surface area contributed by atoms with Crippen LogP contribution in [0.25, 0.3) is 11.0 Å². The molecule has 27 heavy (non-hydrogen) atoms. The van der Waals surface area contributed by atoms with Gasteiger partial charge in [0.1, 0.15) is 11.2 Å². The van der Waals surface area contributed by atoms with Gasteiger partial charge in [0, 0.05) is 31.9 Å². The van der Waals surface area contributed by atoms with Gasteiger partial charge in [-0.15, -0.1) is 0 Å². The van der Waals surface area contributed by atoms with Crippen LogP contribution in [0.3, 0.4) is 0 Å². The van der Waals surface area contributed by atoms with E-state index in [1.165, 1.54) is 4.57 Å². The zero-order chi connectivity index (χ0) is 19.6. The third-order valence-corrected chi connectivity index (χ3v) is 4.31. The van der Waals surface area contributed by atoms with E-state index in [0.29, 0.717) is 23.4 Å². The number of nitrogens with zero attached hydrogens (tertiary/aromatic N) is 5. The molecule has 0 fully saturated rings. The summed E-state index contributed by atoms with van der Waals surface area (Å²) in [7, 11) is 0. The van der Waals surface area contributed by atoms with Crippen molar-refractivity contribution in [2.45, 2.75) is 52.7 Å². The third kappa shape index (κ3) is 4.05. The predicted octanol–water partition coefficient (Wildman–Crippen LogP) is 1.76. The van der Waals surface area contributed by atoms with E-state index < -0.39 is 0 Å². The number of amides is 1. The first kappa shape index (κ1) is 18.8. The van der Waals surface area contributed by atoms with Crippen molar-refractivity contribution >= 4 is 16.9 Å². The second kappa shape index (κ2) is 7.30. The molecule has 0 saturated carbocycles. The highest BCUT2D eigenvalue weighted by molar-refractivity contribution is 5.76. The normalized spacial score (nSPS) is 11.7. The van der Waals surface area contributed by atoms with Crippen molar-refractivity contribution in [3.05, 3.63) is 52.5 Å². The molecule has 3 aromatic heterocycles. The molecular weight excluding hydrogens is 344 g/mol. The molecule has 0 spiro atoms. The molecular formula is C19H24N6O2. The Labute approximate surface area is 157 Å². The molecule has 1 amide bonds. The monoisotopic (exact) mass is 368 g/mol. The van der Waals surface area contributed by atoms with Crippen molar-refractivity contribution < 1.29 is 4.79 Å². The van der Waals surface area contributed by atoms with Crippen LogP contribution in [0, 0.1) is 6.92 Å². The maximum Gasteiger partial charge on any atom is 0.264 e. The highest BCUT2D eigenvalue weighted by atomic mass is 16.1. The summed E-state index contributed by atoms with van der Waals surface area (Å²) >= 11 is 0. The fraction of sp³-hybridized carbons (Fsp3) is 0.421. The van der Waals surface area contributed by atoms with Crippen molar-refractivity contribution in [1.82, 2.24) is 29.6 Å². The minimum Gasteiger partial charge on any atom is -0.352 e. The molecule has 0 radical (unpaired) electrons. The van der Waals surface area contributed by atoms with Gasteiger partial charge >= 0.3 is 0 Å². The first-order valence-electron chi connectivity index (χ1n) is 8.88. The van der Waals surface area contributed by atoms with Gasteiger partial charge in [-0.3, -0.25) is 19.1 Å². The zero-order valence-corrected chi connectivity index (χ0v) is 16.1. The molecule has 0 aromatic carbocycles. The molecule has 0 aliphatic rings. The van der Waals surface area contributed by atoms with Gasteiger partial charge in [0.25, 0.3) is 5.56 Å². The second-order valence-corrected chi connectivity index (χ2v) is 7.46. The zero-order valence-electron chi connectivity index (χ0n) is 16.1. The number of aromatic nitrogens is 5. The van der Waals surface area contributed by atoms with Crippen LogP contribution in [0.15, 0.2) is 35.5 Å². The van der Waals surface area contributed by atoms with Crippen molar-refractivity contribution in [3.8, 4) is 0 Å². The van der Waals surface area contributed by atoms with Crippen LogP contribution in [-0.4, -0.2) is 30.2 Å². The molecule has 8 heteroatoms. The average Bonchev–Trinajstić information content (AvgIpc) is 3.05. The summed E-state index contributed by atoms with van der Waals surface area (Å²) in [4.78, 5) is 33.4. The summed E-state index contributed by atoms with van der Waals surface area (Å²) in [6.07, 6.45) is 5.12. The van der Waals surface area contributed by atoms with E-state index in [4.69, 9.17) is 0 Å². The van der Waals surface area contributed by atoms with Crippen LogP contribution >= 0.6 is 0 Å². The van der Waals surface area contributed by atoms with Crippen molar-refractivity contribution in [2.75, 3.05) is 0 Å². The number of pyridine rings is 1. The smallest absolute Gasteiger partial charge is 0.264 e. The van der Waals surface area contributed by atoms with Crippen LogP contribution in [0.2, 0.25) is 0 Å². The summed E-state index contributed by atoms with van der Waals surface area (Å²) in [6, 6.07) is 3.69. The number of carbonyl (C=O) groups is 1. The Morgan fingerprint density at radius 2 is 1.93 bits per heavy atom. The minimum absolute atomic E-state index is 0.122. The van der Waals surface area contributed by atoms with Gasteiger partial charge in [-0.05, 0) is 45.4 Å². The quantitative estimate of drug-likeness (QED) is 0.740. The Bertz CT molecular complexity index is 1010. The van der Waals surface area contributed by atoms with Gasteiger partial charge in [-0.2, -0.15) is 5.10 Å². The number of aryl methyl sites for hydroxylation is 1. The van der Waals surface area contributed by atoms with Gasteiger partial charge in [0.2, 0.25) is 5.91 Å². The molecule has 0 unspecified atom stereocenters. The van der Waals surface area contributed by atoms with Crippen molar-refractivity contribution in [1.29, 1.82) is 0 Å². The number of nitrogens with one attached hydrogen (secondary N) is 1. The molecule has 1 N–H and O–H groups in total. The van der Waals surface area contributed by atoms with E-state index in [1.54, 1.807) is 30.2 Å². The Morgan fingerprint density at radius 1 is 1.22 bits per heavy atom. The summed E-state index contributed by atoms with van der Waals surface area (Å²) in [5, 5.41) is 7.64. The van der Waals surface area contributed by atoms with Gasteiger partial charge in [-0.25, -0.2) is 9.67 Å². The first-order chi connectivity index (χ1) is 12.8. The molecule has 0 bridgehead atoms. The Kier molecular flexibility index (Phi) is 5.07. The largest absolute Gasteiger partial charge is 0.352 e. The van der Waals surface area contributed by atoms with E-state index in [1.807, 2.05) is 32.9 Å². The SMILES string of the molecule is Cc1nc2c(cnn2C(C)(C)C)c(=O)n1CCC(=O)NCc1ccncc1. The van der Waals surface area contributed by atoms with E-state index in [9.17, 15) is 9.59 Å². The summed E-state index contributed by atoms with van der Waals surface area (Å²) in [6.45, 7) is 8.51. The van der Waals surface area contributed by atoms with Crippen LogP contribution in [0.1, 0.15) is 38.6 Å². The van der Waals surface area contributed by atoms with Crippen LogP contribution in [-0.2, 0) is 23.4 Å². The Morgan fingerprint density at radius 3 is 2.59 bits per heavy atom. The highest BCUT2D eigenvalue weighted by Gasteiger charge is 2.21. The Hall–Kier alpha value is -3.03. The maximum absolute atomic E-state index is 12.8. The molecule has 3 rings (SSSR count). The molecule has 0 atom stereocenters. The van der Waals surface area contributed by atoms with Gasteiger partial charge in [-0.1, -0.05) is 0 Å². The lowest BCUT2D eigenvalue weighted by molar-refractivity contribution is -0.121. The summed E-state index contributed by atoms with van der Waals surface area (Å²) < 4.78 is 3.28. The van der Waals surface area contributed by atoms with E-state index in [-0.39, 0.29) is 30.0 Å². The molecule has 0 aliphatic carbocycles. The van der Waals surface area contributed by atoms with E-state index >= 15 is 0 Å². The molecule has 0 aliphatic heterocycles. The molecule has 142 valence electrons. The van der Waals surface area contributed by atoms with E-state index in [2.05, 4.69) is 20.4 Å². The first-order valence-corrected chi connectivity index (χ1v) is 8.88. The van der Waals surface area contributed by atoms with E-state index in [0.717, 1.165) is 5.56 Å². The topological polar surface area (TPSA) is 94.7 Å². The standard InChI is InChI=1S/C19H24N6O2/c1-13-23-17-15(12-22-25(17)19(2,3)4)18(27)24(13)10-7-16(26)21-11-14-5-8-20-9-6-14/h5-6,8-9,12H,7,10-11H2,1-4H3,(H,21,26). The summed E-state index contributed by atoms with van der Waals surface area (Å²) in [5.74, 6) is 0.448. The minimum atomic E-state index is -0.271. The average molecular weight is 368 g/mol. The Balaban J connectivity index is 1.73. The molecule has 0 saturated heterocycles. The molecule has 3 heterocycles. The van der Waals surface area contributed by atoms with Crippen LogP contribution < -0.4 is 10.9 Å². The fourth-order valence-corrected chi connectivity index (χ4v) is 2.86. The lowest BCUT2D eigenvalue weighted by Gasteiger charge is -2.20. The number of hydrogen-bond acceptors (Lipinski definition) is 5. The summed E-state index contributed by atoms with van der Waals surface area (Å²) in [5.41, 5.74) is 1.11. The number of hydrogen-bond donors (Lipinski definition) is 1. The number of rotatable bonds is 5. The molecule has 3 aromatic rings. The maximum atomic E-state index is 12.8. The lowest BCUT2D eigenvalue weighted by Crippen LogP contribution is -2.29. The van der Waals surface area contributed by atoms with Crippen molar-refractivity contribution in [2.24, 2.45) is 0 Å². The fourth-order valence-electron chi connectivity index (χ4n) is 2.86. The van der Waals surface area contributed by atoms with Crippen LogP contribution in [0.5, 0.6) is 0 Å². The lowest BCUT2D eigenvalue weighted by atomic mass is 10.1. The van der Waals surface area contributed by atoms with Crippen molar-refractivity contribution in [3.63, 3.8) is 0 Å².